The highest BCUT2D eigenvalue weighted by Crippen LogP contribution is 2.13. The standard InChI is InChI=1S/C10H18O4/c1-8(7-10(13)14-2)5-3-4-6-9(11)12/h8H,3-7H2,1-2H3,(H,11,12)/t8-/m1/s1. The molecule has 0 bridgehead atoms. The van der Waals surface area contributed by atoms with Crippen LogP contribution in [0.15, 0.2) is 0 Å². The van der Waals surface area contributed by atoms with E-state index in [0.717, 1.165) is 12.8 Å². The van der Waals surface area contributed by atoms with Crippen LogP contribution in [-0.4, -0.2) is 24.2 Å². The summed E-state index contributed by atoms with van der Waals surface area (Å²) in [5.74, 6) is -0.683. The molecule has 0 spiro atoms. The number of carbonyl (C=O) groups excluding carboxylic acids is 1. The lowest BCUT2D eigenvalue weighted by Crippen LogP contribution is -2.07. The molecule has 0 aliphatic rings. The Bertz CT molecular complexity index is 189. The highest BCUT2D eigenvalue weighted by molar-refractivity contribution is 5.69. The van der Waals surface area contributed by atoms with Crippen LogP contribution in [0.2, 0.25) is 0 Å². The molecule has 82 valence electrons. The third-order valence-electron chi connectivity index (χ3n) is 2.08. The summed E-state index contributed by atoms with van der Waals surface area (Å²) in [5.41, 5.74) is 0. The van der Waals surface area contributed by atoms with Crippen LogP contribution < -0.4 is 0 Å². The first-order valence-electron chi connectivity index (χ1n) is 4.85. The number of rotatable bonds is 7. The molecule has 1 atom stereocenters. The van der Waals surface area contributed by atoms with Gasteiger partial charge in [-0.1, -0.05) is 19.8 Å². The number of hydrogen-bond acceptors (Lipinski definition) is 3. The molecular formula is C10H18O4. The van der Waals surface area contributed by atoms with E-state index in [1.807, 2.05) is 6.92 Å². The number of carboxylic acid groups (broad SMARTS) is 1. The monoisotopic (exact) mass is 202 g/mol. The van der Waals surface area contributed by atoms with E-state index in [1.54, 1.807) is 0 Å². The smallest absolute Gasteiger partial charge is 0.305 e. The highest BCUT2D eigenvalue weighted by Gasteiger charge is 2.08. The van der Waals surface area contributed by atoms with Crippen LogP contribution in [0.4, 0.5) is 0 Å². The van der Waals surface area contributed by atoms with Crippen molar-refractivity contribution in [2.45, 2.75) is 39.0 Å². The fourth-order valence-corrected chi connectivity index (χ4v) is 1.24. The normalized spacial score (nSPS) is 12.1. The summed E-state index contributed by atoms with van der Waals surface area (Å²) in [6, 6.07) is 0. The number of ether oxygens (including phenoxy) is 1. The van der Waals surface area contributed by atoms with Gasteiger partial charge in [-0.25, -0.2) is 0 Å². The number of hydrogen-bond donors (Lipinski definition) is 1. The molecule has 14 heavy (non-hydrogen) atoms. The Morgan fingerprint density at radius 3 is 2.50 bits per heavy atom. The van der Waals surface area contributed by atoms with E-state index >= 15 is 0 Å². The van der Waals surface area contributed by atoms with Crippen molar-refractivity contribution < 1.29 is 19.4 Å². The van der Waals surface area contributed by atoms with Crippen LogP contribution in [0.3, 0.4) is 0 Å². The van der Waals surface area contributed by atoms with Gasteiger partial charge in [0.1, 0.15) is 0 Å². The van der Waals surface area contributed by atoms with Gasteiger partial charge in [0.2, 0.25) is 0 Å². The predicted octanol–water partition coefficient (Wildman–Crippen LogP) is 1.83. The van der Waals surface area contributed by atoms with Crippen LogP contribution in [0.5, 0.6) is 0 Å². The van der Waals surface area contributed by atoms with Crippen LogP contribution in [0.25, 0.3) is 0 Å². The van der Waals surface area contributed by atoms with Crippen molar-refractivity contribution in [3.05, 3.63) is 0 Å². The lowest BCUT2D eigenvalue weighted by molar-refractivity contribution is -0.142. The first kappa shape index (κ1) is 12.9. The lowest BCUT2D eigenvalue weighted by atomic mass is 10.00. The molecule has 1 N–H and O–H groups in total. The van der Waals surface area contributed by atoms with Crippen molar-refractivity contribution >= 4 is 11.9 Å². The third-order valence-corrected chi connectivity index (χ3v) is 2.08. The second-order valence-corrected chi connectivity index (χ2v) is 3.52. The van der Waals surface area contributed by atoms with Crippen molar-refractivity contribution in [3.63, 3.8) is 0 Å². The molecule has 0 amide bonds. The van der Waals surface area contributed by atoms with E-state index in [9.17, 15) is 9.59 Å². The molecule has 0 aliphatic heterocycles. The molecule has 0 saturated carbocycles. The van der Waals surface area contributed by atoms with Gasteiger partial charge in [0.15, 0.2) is 0 Å². The summed E-state index contributed by atoms with van der Waals surface area (Å²) in [6.45, 7) is 1.97. The van der Waals surface area contributed by atoms with E-state index in [4.69, 9.17) is 5.11 Å². The number of carboxylic acids is 1. The number of aliphatic carboxylic acids is 1. The van der Waals surface area contributed by atoms with E-state index in [1.165, 1.54) is 7.11 Å². The van der Waals surface area contributed by atoms with E-state index in [-0.39, 0.29) is 18.3 Å². The van der Waals surface area contributed by atoms with E-state index in [0.29, 0.717) is 12.8 Å². The Labute approximate surface area is 84.3 Å². The van der Waals surface area contributed by atoms with Crippen molar-refractivity contribution in [3.8, 4) is 0 Å². The number of methoxy groups -OCH3 is 1. The maximum absolute atomic E-state index is 10.8. The van der Waals surface area contributed by atoms with E-state index in [2.05, 4.69) is 4.74 Å². The van der Waals surface area contributed by atoms with Gasteiger partial charge in [0.25, 0.3) is 0 Å². The highest BCUT2D eigenvalue weighted by atomic mass is 16.5. The van der Waals surface area contributed by atoms with Crippen LogP contribution in [0, 0.1) is 5.92 Å². The SMILES string of the molecule is COC(=O)C[C@H](C)CCCCC(=O)O. The van der Waals surface area contributed by atoms with Crippen molar-refractivity contribution in [1.82, 2.24) is 0 Å². The largest absolute Gasteiger partial charge is 0.481 e. The van der Waals surface area contributed by atoms with Gasteiger partial charge >= 0.3 is 11.9 Å². The molecule has 0 rings (SSSR count). The zero-order valence-electron chi connectivity index (χ0n) is 8.78. The molecule has 4 heteroatoms. The molecule has 4 nitrogen and oxygen atoms in total. The molecule has 0 heterocycles. The molecule has 0 fully saturated rings. The minimum atomic E-state index is -0.759. The van der Waals surface area contributed by atoms with Gasteiger partial charge in [-0.05, 0) is 12.3 Å². The fourth-order valence-electron chi connectivity index (χ4n) is 1.24. The molecule has 0 radical (unpaired) electrons. The van der Waals surface area contributed by atoms with Crippen molar-refractivity contribution in [2.24, 2.45) is 5.92 Å². The first-order valence-corrected chi connectivity index (χ1v) is 4.85. The second-order valence-electron chi connectivity index (χ2n) is 3.52. The fraction of sp³-hybridized carbons (Fsp3) is 0.800. The number of esters is 1. The average Bonchev–Trinajstić information content (AvgIpc) is 2.12. The molecule has 0 aromatic rings. The van der Waals surface area contributed by atoms with Crippen LogP contribution in [0.1, 0.15) is 39.0 Å². The number of unbranched alkanes of at least 4 members (excludes halogenated alkanes) is 1. The first-order chi connectivity index (χ1) is 6.56. The minimum Gasteiger partial charge on any atom is -0.481 e. The van der Waals surface area contributed by atoms with Crippen LogP contribution in [-0.2, 0) is 14.3 Å². The second kappa shape index (κ2) is 7.35. The Kier molecular flexibility index (Phi) is 6.80. The molecule has 0 aliphatic carbocycles. The zero-order valence-corrected chi connectivity index (χ0v) is 8.78. The maximum Gasteiger partial charge on any atom is 0.305 e. The summed E-state index contributed by atoms with van der Waals surface area (Å²) in [4.78, 5) is 21.0. The molecule has 0 saturated heterocycles. The quantitative estimate of drug-likeness (QED) is 0.505. The lowest BCUT2D eigenvalue weighted by Gasteiger charge is -2.08. The predicted molar refractivity (Wildman–Crippen MR) is 51.9 cm³/mol. The van der Waals surface area contributed by atoms with Gasteiger partial charge in [-0.15, -0.1) is 0 Å². The molecular weight excluding hydrogens is 184 g/mol. The Balaban J connectivity index is 3.39. The minimum absolute atomic E-state index is 0.198. The van der Waals surface area contributed by atoms with Crippen molar-refractivity contribution in [1.29, 1.82) is 0 Å². The summed E-state index contributed by atoms with van der Waals surface area (Å²) < 4.78 is 4.53. The van der Waals surface area contributed by atoms with Gasteiger partial charge in [-0.2, -0.15) is 0 Å². The number of carbonyl (C=O) groups is 2. The summed E-state index contributed by atoms with van der Waals surface area (Å²) in [5, 5.41) is 8.39. The average molecular weight is 202 g/mol. The van der Waals surface area contributed by atoms with Gasteiger partial charge in [0, 0.05) is 12.8 Å². The third kappa shape index (κ3) is 7.58. The molecule has 0 unspecified atom stereocenters. The van der Waals surface area contributed by atoms with Crippen molar-refractivity contribution in [2.75, 3.05) is 7.11 Å². The Morgan fingerprint density at radius 1 is 1.36 bits per heavy atom. The molecule has 0 aromatic carbocycles. The van der Waals surface area contributed by atoms with Gasteiger partial charge in [-0.3, -0.25) is 9.59 Å². The zero-order chi connectivity index (χ0) is 11.0. The van der Waals surface area contributed by atoms with E-state index < -0.39 is 5.97 Å². The Morgan fingerprint density at radius 2 is 2.00 bits per heavy atom. The summed E-state index contributed by atoms with van der Waals surface area (Å²) in [6.07, 6.45) is 3.04. The van der Waals surface area contributed by atoms with Gasteiger partial charge in [0.05, 0.1) is 7.11 Å². The topological polar surface area (TPSA) is 63.6 Å². The van der Waals surface area contributed by atoms with Crippen LogP contribution >= 0.6 is 0 Å². The Hall–Kier alpha value is -1.06. The maximum atomic E-state index is 10.8. The molecule has 0 aromatic heterocycles. The summed E-state index contributed by atoms with van der Waals surface area (Å²) >= 11 is 0. The van der Waals surface area contributed by atoms with Gasteiger partial charge < -0.3 is 9.84 Å². The summed E-state index contributed by atoms with van der Waals surface area (Å²) in [7, 11) is 1.37.